The summed E-state index contributed by atoms with van der Waals surface area (Å²) in [5.41, 5.74) is 2.98. The van der Waals surface area contributed by atoms with E-state index in [-0.39, 0.29) is 23.3 Å². The molecule has 0 atom stereocenters. The van der Waals surface area contributed by atoms with Gasteiger partial charge in [0.2, 0.25) is 5.82 Å². The van der Waals surface area contributed by atoms with Crippen molar-refractivity contribution in [1.82, 2.24) is 25.0 Å². The van der Waals surface area contributed by atoms with Crippen molar-refractivity contribution in [1.29, 1.82) is 0 Å². The van der Waals surface area contributed by atoms with E-state index in [1.54, 1.807) is 28.9 Å². The lowest BCUT2D eigenvalue weighted by Crippen LogP contribution is -2.57. The topological polar surface area (TPSA) is 92.6 Å². The van der Waals surface area contributed by atoms with Gasteiger partial charge in [-0.05, 0) is 42.8 Å². The number of ether oxygens (including phenoxy) is 1. The molecule has 34 heavy (non-hydrogen) atoms. The molecule has 0 unspecified atom stereocenters. The van der Waals surface area contributed by atoms with Crippen molar-refractivity contribution >= 4 is 23.1 Å². The van der Waals surface area contributed by atoms with Gasteiger partial charge < -0.3 is 20.7 Å². The van der Waals surface area contributed by atoms with E-state index in [2.05, 4.69) is 25.9 Å². The van der Waals surface area contributed by atoms with Crippen molar-refractivity contribution in [2.75, 3.05) is 25.5 Å². The number of halogens is 2. The zero-order chi connectivity index (χ0) is 23.8. The molecule has 2 aromatic heterocycles. The van der Waals surface area contributed by atoms with Gasteiger partial charge in [0.15, 0.2) is 23.0 Å². The molecule has 3 heterocycles. The minimum Gasteiger partial charge on any atom is -0.494 e. The lowest BCUT2D eigenvalue weighted by Gasteiger charge is -2.28. The Balaban J connectivity index is 1.43. The number of fused-ring (bicyclic) bond motifs is 1. The first kappa shape index (κ1) is 21.8. The van der Waals surface area contributed by atoms with Crippen LogP contribution < -0.4 is 20.7 Å². The van der Waals surface area contributed by atoms with Crippen LogP contribution in [-0.4, -0.2) is 46.5 Å². The van der Waals surface area contributed by atoms with E-state index >= 15 is 0 Å². The van der Waals surface area contributed by atoms with Gasteiger partial charge in [0.25, 0.3) is 5.91 Å². The third-order valence-electron chi connectivity index (χ3n) is 5.82. The molecular formula is C24H22F2N6O2. The summed E-state index contributed by atoms with van der Waals surface area (Å²) in [6.45, 7) is 3.42. The summed E-state index contributed by atoms with van der Waals surface area (Å²) < 4.78 is 35.4. The van der Waals surface area contributed by atoms with Crippen molar-refractivity contribution in [3.63, 3.8) is 0 Å². The lowest BCUT2D eigenvalue weighted by molar-refractivity contribution is 0.0923. The Morgan fingerprint density at radius 3 is 2.71 bits per heavy atom. The maximum Gasteiger partial charge on any atom is 0.251 e. The van der Waals surface area contributed by atoms with E-state index in [1.165, 1.54) is 25.4 Å². The van der Waals surface area contributed by atoms with Crippen LogP contribution in [0.1, 0.15) is 15.9 Å². The summed E-state index contributed by atoms with van der Waals surface area (Å²) in [6, 6.07) is 8.36. The maximum atomic E-state index is 14.7. The van der Waals surface area contributed by atoms with Crippen LogP contribution >= 0.6 is 0 Å². The molecule has 10 heteroatoms. The minimum absolute atomic E-state index is 0.0517. The molecule has 8 nitrogen and oxygen atoms in total. The molecule has 0 saturated carbocycles. The van der Waals surface area contributed by atoms with Gasteiger partial charge in [-0.3, -0.25) is 9.20 Å². The lowest BCUT2D eigenvalue weighted by atomic mass is 10.1. The number of carbonyl (C=O) groups is 1. The highest BCUT2D eigenvalue weighted by Gasteiger charge is 2.21. The molecule has 1 amide bonds. The molecule has 1 aliphatic heterocycles. The van der Waals surface area contributed by atoms with Crippen LogP contribution in [0.4, 0.5) is 20.3 Å². The van der Waals surface area contributed by atoms with Crippen molar-refractivity contribution in [2.24, 2.45) is 0 Å². The highest BCUT2D eigenvalue weighted by molar-refractivity contribution is 5.96. The van der Waals surface area contributed by atoms with Gasteiger partial charge in [0.1, 0.15) is 0 Å². The van der Waals surface area contributed by atoms with Crippen LogP contribution in [0.15, 0.2) is 48.9 Å². The number of benzene rings is 2. The number of aromatic nitrogens is 3. The minimum atomic E-state index is -1.06. The van der Waals surface area contributed by atoms with Gasteiger partial charge in [-0.25, -0.2) is 14.4 Å². The average molecular weight is 464 g/mol. The predicted molar refractivity (Wildman–Crippen MR) is 123 cm³/mol. The van der Waals surface area contributed by atoms with Crippen LogP contribution in [0.2, 0.25) is 0 Å². The summed E-state index contributed by atoms with van der Waals surface area (Å²) in [5.74, 6) is -1.93. The van der Waals surface area contributed by atoms with E-state index in [9.17, 15) is 13.6 Å². The Morgan fingerprint density at radius 2 is 2.00 bits per heavy atom. The molecule has 2 aromatic carbocycles. The first-order valence-corrected chi connectivity index (χ1v) is 10.7. The van der Waals surface area contributed by atoms with E-state index < -0.39 is 11.6 Å². The maximum absolute atomic E-state index is 14.7. The first-order chi connectivity index (χ1) is 16.5. The summed E-state index contributed by atoms with van der Waals surface area (Å²) in [4.78, 5) is 21.2. The van der Waals surface area contributed by atoms with Crippen LogP contribution in [0.5, 0.6) is 5.75 Å². The van der Waals surface area contributed by atoms with Crippen LogP contribution in [0.3, 0.4) is 0 Å². The number of hydrogen-bond donors (Lipinski definition) is 3. The molecule has 174 valence electrons. The molecule has 0 aliphatic carbocycles. The predicted octanol–water partition coefficient (Wildman–Crippen LogP) is 3.44. The number of aryl methyl sites for hydroxylation is 1. The van der Waals surface area contributed by atoms with Crippen molar-refractivity contribution in [2.45, 2.75) is 13.0 Å². The van der Waals surface area contributed by atoms with Crippen LogP contribution in [-0.2, 0) is 0 Å². The molecule has 1 aliphatic rings. The molecular weight excluding hydrogens is 442 g/mol. The van der Waals surface area contributed by atoms with Crippen LogP contribution in [0, 0.1) is 18.6 Å². The van der Waals surface area contributed by atoms with Gasteiger partial charge in [-0.2, -0.15) is 4.39 Å². The summed E-state index contributed by atoms with van der Waals surface area (Å²) in [5, 5.41) is 9.31. The molecule has 3 N–H and O–H groups in total. The monoisotopic (exact) mass is 464 g/mol. The molecule has 0 spiro atoms. The normalized spacial score (nSPS) is 13.5. The summed E-state index contributed by atoms with van der Waals surface area (Å²) in [7, 11) is 1.28. The molecule has 1 saturated heterocycles. The Hall–Kier alpha value is -4.05. The Labute approximate surface area is 194 Å². The second-order valence-electron chi connectivity index (χ2n) is 8.04. The van der Waals surface area contributed by atoms with Gasteiger partial charge in [-0.15, -0.1) is 0 Å². The number of amides is 1. The molecule has 4 aromatic rings. The van der Waals surface area contributed by atoms with E-state index in [1.807, 2.05) is 13.0 Å². The number of anilines is 2. The molecule has 0 radical (unpaired) electrons. The average Bonchev–Trinajstić information content (AvgIpc) is 3.23. The molecule has 1 fully saturated rings. The molecule has 0 bridgehead atoms. The Morgan fingerprint density at radius 1 is 1.18 bits per heavy atom. The number of hydrogen-bond acceptors (Lipinski definition) is 6. The fourth-order valence-corrected chi connectivity index (χ4v) is 3.88. The smallest absolute Gasteiger partial charge is 0.251 e. The van der Waals surface area contributed by atoms with Gasteiger partial charge >= 0.3 is 0 Å². The quantitative estimate of drug-likeness (QED) is 0.405. The third-order valence-corrected chi connectivity index (χ3v) is 5.82. The zero-order valence-corrected chi connectivity index (χ0v) is 18.5. The number of rotatable bonds is 6. The van der Waals surface area contributed by atoms with E-state index in [4.69, 9.17) is 4.74 Å². The van der Waals surface area contributed by atoms with E-state index in [0.717, 1.165) is 18.7 Å². The van der Waals surface area contributed by atoms with Crippen LogP contribution in [0.25, 0.3) is 16.9 Å². The van der Waals surface area contributed by atoms with Gasteiger partial charge in [0.05, 0.1) is 25.0 Å². The van der Waals surface area contributed by atoms with Gasteiger partial charge in [-0.1, -0.05) is 0 Å². The Bertz CT molecular complexity index is 1400. The summed E-state index contributed by atoms with van der Waals surface area (Å²) in [6.07, 6.45) is 4.62. The second-order valence-corrected chi connectivity index (χ2v) is 8.04. The van der Waals surface area contributed by atoms with Crippen molar-refractivity contribution < 1.29 is 18.3 Å². The third kappa shape index (κ3) is 3.81. The zero-order valence-electron chi connectivity index (χ0n) is 18.5. The van der Waals surface area contributed by atoms with Gasteiger partial charge in [0, 0.05) is 42.3 Å². The van der Waals surface area contributed by atoms with Crippen molar-refractivity contribution in [3.8, 4) is 17.0 Å². The summed E-state index contributed by atoms with van der Waals surface area (Å²) >= 11 is 0. The molecule has 5 rings (SSSR count). The fourth-order valence-electron chi connectivity index (χ4n) is 3.88. The van der Waals surface area contributed by atoms with Crippen molar-refractivity contribution in [3.05, 3.63) is 71.7 Å². The van der Waals surface area contributed by atoms with E-state index in [0.29, 0.717) is 28.4 Å². The second kappa shape index (κ2) is 8.71. The number of imidazole rings is 1. The highest BCUT2D eigenvalue weighted by atomic mass is 19.2. The fraction of sp³-hybridized carbons (Fsp3) is 0.208. The number of methoxy groups -OCH3 is 1. The Kier molecular flexibility index (Phi) is 5.58. The SMILES string of the molecule is COc1ccc(-c2cnc3c(Nc4ccc(C(=O)NC5CNC5)c(C)c4)nccn23)c(F)c1F. The standard InChI is InChI=1S/C24H22F2N6O2/c1-13-9-14(3-4-16(13)24(33)31-15-10-27-11-15)30-22-23-29-12-18(32(23)8-7-28-22)17-5-6-19(34-2)21(26)20(17)25/h3-9,12,15,27H,10-11H2,1-2H3,(H,28,30)(H,31,33). The largest absolute Gasteiger partial charge is 0.494 e. The highest BCUT2D eigenvalue weighted by Crippen LogP contribution is 2.31. The number of carbonyl (C=O) groups excluding carboxylic acids is 1. The number of nitrogens with zero attached hydrogens (tertiary/aromatic N) is 3. The number of nitrogens with one attached hydrogen (secondary N) is 3. The first-order valence-electron chi connectivity index (χ1n) is 10.7.